The van der Waals surface area contributed by atoms with Gasteiger partial charge in [-0.1, -0.05) is 71.1 Å². The van der Waals surface area contributed by atoms with Crippen LogP contribution in [-0.2, 0) is 52.4 Å². The smallest absolute Gasteiger partial charge is 0.329 e. The number of carbonyl (C=O) groups is 5. The minimum absolute atomic E-state index is 0.0158. The van der Waals surface area contributed by atoms with Crippen LogP contribution in [0.3, 0.4) is 0 Å². The van der Waals surface area contributed by atoms with Gasteiger partial charge in [0.1, 0.15) is 30.1 Å². The second-order valence-electron chi connectivity index (χ2n) is 20.2. The Kier molecular flexibility index (Phi) is 22.9. The number of Topliss-reactive ketones (excluding diaryl/α,β-unsaturated/α-hetero) is 3. The number of amides is 1. The molecular weight excluding hydrogens is 875 g/mol. The standard InChI is InChI=1S/C53H83NO14/c1-32-16-12-11-13-17-33(2)44(63-8)30-40-21-19-38(7)53(62,68-40)50(59)51(60)54-23-15-14-18-41(54)52(61)67-45(35(4)28-39-20-22-43(66-25-24-55)46(29-39)64-9)31-42(56)34(3)27-37(6)48(58)49(65-10)47(57)36(5)26-32/h11-13,16-17,27,32,34-36,38-41,43-46,48-49,55,58,62H,14-15,18-26,28-31H2,1-10H3/b13-11+,16-12+,33-17+,37-27+/t32-,34-,35+,36?,38-,39+,40+,41+,43-,44+,45+,46-,48-,49+,53-/m1/s1. The van der Waals surface area contributed by atoms with Gasteiger partial charge in [0.2, 0.25) is 5.79 Å². The minimum atomic E-state index is -2.43. The first-order valence-electron chi connectivity index (χ1n) is 25.0. The largest absolute Gasteiger partial charge is 0.460 e. The SMILES string of the molecule is CO[C@H]1C[C@@H]2CC[C@@H](C)[C@@](O)(O2)C(=O)C(=O)N2CCCC[C@H]2C(=O)O[C@H]([C@@H](C)C[C@@H]2CC[C@@H](OCCO)[C@H](OC)C2)CC(=O)[C@H](C)/C=C(\C)[C@@H](O)[C@@H](OC)C(=O)C(C)C[C@H](C)/C=C/C=C/C=C/1C. The Balaban J connectivity index is 1.70. The summed E-state index contributed by atoms with van der Waals surface area (Å²) in [6, 6.07) is -1.14. The lowest BCUT2D eigenvalue weighted by molar-refractivity contribution is -0.265. The Bertz CT molecular complexity index is 1810. The lowest BCUT2D eigenvalue weighted by Crippen LogP contribution is -2.61. The van der Waals surface area contributed by atoms with Crippen LogP contribution in [0, 0.1) is 35.5 Å². The lowest BCUT2D eigenvalue weighted by atomic mass is 9.78. The number of rotatable bonds is 9. The first-order valence-corrected chi connectivity index (χ1v) is 25.0. The molecule has 0 aromatic carbocycles. The summed E-state index contributed by atoms with van der Waals surface area (Å²) in [5.41, 5.74) is 1.26. The molecule has 3 N–H and O–H groups in total. The number of hydrogen-bond donors (Lipinski definition) is 3. The Morgan fingerprint density at radius 3 is 2.26 bits per heavy atom. The van der Waals surface area contributed by atoms with E-state index in [1.807, 2.05) is 58.1 Å². The van der Waals surface area contributed by atoms with Crippen LogP contribution in [0.4, 0.5) is 0 Å². The molecule has 1 amide bonds. The second kappa shape index (κ2) is 27.3. The molecule has 3 fully saturated rings. The van der Waals surface area contributed by atoms with Crippen molar-refractivity contribution in [1.29, 1.82) is 0 Å². The molecule has 3 aliphatic heterocycles. The predicted molar refractivity (Wildman–Crippen MR) is 256 cm³/mol. The van der Waals surface area contributed by atoms with E-state index in [4.69, 9.17) is 28.4 Å². The van der Waals surface area contributed by atoms with Crippen LogP contribution >= 0.6 is 0 Å². The molecule has 1 unspecified atom stereocenters. The number of ketones is 3. The number of fused-ring (bicyclic) bond motifs is 3. The van der Waals surface area contributed by atoms with E-state index in [0.717, 1.165) is 12.0 Å². The Morgan fingerprint density at radius 1 is 0.853 bits per heavy atom. The number of esters is 1. The van der Waals surface area contributed by atoms with E-state index in [1.165, 1.54) is 12.0 Å². The van der Waals surface area contributed by atoms with Gasteiger partial charge >= 0.3 is 5.97 Å². The summed E-state index contributed by atoms with van der Waals surface area (Å²) in [4.78, 5) is 72.1. The van der Waals surface area contributed by atoms with Crippen molar-refractivity contribution in [2.75, 3.05) is 41.1 Å². The van der Waals surface area contributed by atoms with E-state index < -0.39 is 77.8 Å². The van der Waals surface area contributed by atoms with Gasteiger partial charge in [0, 0.05) is 58.5 Å². The van der Waals surface area contributed by atoms with E-state index >= 15 is 0 Å². The highest BCUT2D eigenvalue weighted by molar-refractivity contribution is 6.39. The highest BCUT2D eigenvalue weighted by atomic mass is 16.6. The fourth-order valence-electron chi connectivity index (χ4n) is 10.5. The van der Waals surface area contributed by atoms with Crippen LogP contribution in [0.2, 0.25) is 0 Å². The van der Waals surface area contributed by atoms with E-state index in [1.54, 1.807) is 41.1 Å². The predicted octanol–water partition coefficient (Wildman–Crippen LogP) is 6.20. The van der Waals surface area contributed by atoms with Crippen LogP contribution in [0.15, 0.2) is 47.6 Å². The molecule has 4 rings (SSSR count). The number of aliphatic hydroxyl groups is 3. The summed E-state index contributed by atoms with van der Waals surface area (Å²) < 4.78 is 35.6. The number of cyclic esters (lactones) is 1. The van der Waals surface area contributed by atoms with Gasteiger partial charge in [0.25, 0.3) is 11.7 Å². The fraction of sp³-hybridized carbons (Fsp3) is 0.755. The van der Waals surface area contributed by atoms with Crippen LogP contribution in [-0.4, -0.2) is 145 Å². The molecule has 15 heteroatoms. The molecule has 0 aromatic heterocycles. The molecule has 384 valence electrons. The molecule has 1 aliphatic carbocycles. The number of carbonyl (C=O) groups excluding carboxylic acids is 5. The van der Waals surface area contributed by atoms with E-state index in [0.29, 0.717) is 63.4 Å². The molecule has 68 heavy (non-hydrogen) atoms. The van der Waals surface area contributed by atoms with Crippen molar-refractivity contribution in [3.8, 4) is 0 Å². The topological polar surface area (TPSA) is 205 Å². The summed E-state index contributed by atoms with van der Waals surface area (Å²) in [5.74, 6) is -7.96. The number of ether oxygens (including phenoxy) is 6. The van der Waals surface area contributed by atoms with Crippen LogP contribution in [0.5, 0.6) is 0 Å². The summed E-state index contributed by atoms with van der Waals surface area (Å²) in [6.07, 6.45) is 12.0. The second-order valence-corrected chi connectivity index (χ2v) is 20.2. The van der Waals surface area contributed by atoms with Crippen molar-refractivity contribution in [2.24, 2.45) is 35.5 Å². The van der Waals surface area contributed by atoms with Gasteiger partial charge in [-0.3, -0.25) is 19.2 Å². The van der Waals surface area contributed by atoms with Crippen molar-refractivity contribution in [1.82, 2.24) is 4.90 Å². The molecule has 4 aliphatic rings. The highest BCUT2D eigenvalue weighted by Gasteiger charge is 2.53. The van der Waals surface area contributed by atoms with Gasteiger partial charge in [-0.25, -0.2) is 4.79 Å². The zero-order valence-electron chi connectivity index (χ0n) is 42.4. The van der Waals surface area contributed by atoms with Crippen molar-refractivity contribution in [3.05, 3.63) is 47.6 Å². The van der Waals surface area contributed by atoms with E-state index in [2.05, 4.69) is 0 Å². The highest BCUT2D eigenvalue weighted by Crippen LogP contribution is 2.38. The number of piperidine rings is 1. The maximum absolute atomic E-state index is 14.5. The number of methoxy groups -OCH3 is 3. The zero-order valence-corrected chi connectivity index (χ0v) is 42.4. The van der Waals surface area contributed by atoms with Crippen LogP contribution in [0.1, 0.15) is 126 Å². The Morgan fingerprint density at radius 2 is 1.59 bits per heavy atom. The van der Waals surface area contributed by atoms with Crippen molar-refractivity contribution in [3.63, 3.8) is 0 Å². The zero-order chi connectivity index (χ0) is 50.3. The summed E-state index contributed by atoms with van der Waals surface area (Å²) >= 11 is 0. The molecule has 3 heterocycles. The number of nitrogens with zero attached hydrogens (tertiary/aromatic N) is 1. The van der Waals surface area contributed by atoms with Crippen LogP contribution < -0.4 is 0 Å². The summed E-state index contributed by atoms with van der Waals surface area (Å²) in [5, 5.41) is 32.8. The molecule has 0 spiro atoms. The average Bonchev–Trinajstić information content (AvgIpc) is 3.32. The normalized spacial score (nSPS) is 39.2. The monoisotopic (exact) mass is 958 g/mol. The maximum atomic E-state index is 14.5. The third-order valence-corrected chi connectivity index (χ3v) is 14.9. The van der Waals surface area contributed by atoms with Gasteiger partial charge < -0.3 is 48.6 Å². The molecule has 15 atom stereocenters. The number of allylic oxidation sites excluding steroid dienone is 6. The quantitative estimate of drug-likeness (QED) is 0.134. The van der Waals surface area contributed by atoms with Crippen LogP contribution in [0.25, 0.3) is 0 Å². The molecule has 2 bridgehead atoms. The molecule has 0 radical (unpaired) electrons. The molecule has 2 saturated heterocycles. The molecule has 1 saturated carbocycles. The van der Waals surface area contributed by atoms with Gasteiger partial charge in [-0.2, -0.15) is 0 Å². The minimum Gasteiger partial charge on any atom is -0.460 e. The Labute approximate surface area is 405 Å². The van der Waals surface area contributed by atoms with Crippen molar-refractivity contribution < 1.29 is 67.7 Å². The van der Waals surface area contributed by atoms with Gasteiger partial charge in [0.05, 0.1) is 37.6 Å². The van der Waals surface area contributed by atoms with Gasteiger partial charge in [0.15, 0.2) is 5.78 Å². The average molecular weight is 958 g/mol. The first-order chi connectivity index (χ1) is 32.3. The van der Waals surface area contributed by atoms with Crippen molar-refractivity contribution >= 4 is 29.2 Å². The number of hydrogen-bond acceptors (Lipinski definition) is 14. The fourth-order valence-corrected chi connectivity index (χ4v) is 10.5. The van der Waals surface area contributed by atoms with E-state index in [9.17, 15) is 39.3 Å². The Hall–Kier alpha value is -3.41. The molecule has 15 nitrogen and oxygen atoms in total. The maximum Gasteiger partial charge on any atom is 0.329 e. The number of aliphatic hydroxyl groups excluding tert-OH is 2. The lowest BCUT2D eigenvalue weighted by Gasteiger charge is -2.42. The summed E-state index contributed by atoms with van der Waals surface area (Å²) in [7, 11) is 4.58. The summed E-state index contributed by atoms with van der Waals surface area (Å²) in [6.45, 7) is 12.9. The molecule has 0 aromatic rings. The van der Waals surface area contributed by atoms with Crippen molar-refractivity contribution in [2.45, 2.75) is 180 Å². The third kappa shape index (κ3) is 15.3. The first kappa shape index (κ1) is 57.2. The van der Waals surface area contributed by atoms with Gasteiger partial charge in [-0.15, -0.1) is 0 Å². The van der Waals surface area contributed by atoms with E-state index in [-0.39, 0.29) is 74.1 Å². The third-order valence-electron chi connectivity index (χ3n) is 14.9. The van der Waals surface area contributed by atoms with Gasteiger partial charge in [-0.05, 0) is 107 Å². The molecular formula is C53H83NO14.